The van der Waals surface area contributed by atoms with Gasteiger partial charge >= 0.3 is 0 Å². The maximum absolute atomic E-state index is 12.5. The Hall–Kier alpha value is -1.94. The molecule has 2 aromatic rings. The van der Waals surface area contributed by atoms with Crippen LogP contribution in [0.1, 0.15) is 61.7 Å². The molecule has 0 N–H and O–H groups in total. The van der Waals surface area contributed by atoms with Crippen molar-refractivity contribution in [3.63, 3.8) is 0 Å². The van der Waals surface area contributed by atoms with Gasteiger partial charge in [-0.2, -0.15) is 0 Å². The molecule has 0 amide bonds. The predicted molar refractivity (Wildman–Crippen MR) is 107 cm³/mol. The number of carbonyl (C=O) groups is 1. The van der Waals surface area contributed by atoms with Crippen LogP contribution in [-0.2, 0) is 27.4 Å². The third-order valence-corrected chi connectivity index (χ3v) is 6.72. The minimum Gasteiger partial charge on any atom is -0.294 e. The predicted octanol–water partition coefficient (Wildman–Crippen LogP) is 4.73. The monoisotopic (exact) mass is 372 g/mol. The molecule has 0 aliphatic heterocycles. The number of ketones is 1. The van der Waals surface area contributed by atoms with E-state index in [-0.39, 0.29) is 17.0 Å². The van der Waals surface area contributed by atoms with E-state index in [2.05, 4.69) is 32.9 Å². The standard InChI is InChI=1S/C22H28O3S/c1-16(2)26(24,25)15-18-6-10-19(11-7-18)21(23)14-17-8-12-20(13-9-17)22(3,4)5/h6-13,16H,14-15H2,1-5H3. The molecule has 0 atom stereocenters. The molecule has 0 saturated carbocycles. The average Bonchev–Trinajstić information content (AvgIpc) is 2.54. The minimum absolute atomic E-state index is 0.00734. The second kappa shape index (κ2) is 7.75. The molecular formula is C22H28O3S. The first-order valence-corrected chi connectivity index (χ1v) is 10.6. The Labute approximate surface area is 157 Å². The number of carbonyl (C=O) groups excluding carboxylic acids is 1. The number of hydrogen-bond donors (Lipinski definition) is 0. The second-order valence-corrected chi connectivity index (χ2v) is 10.7. The van der Waals surface area contributed by atoms with Crippen LogP contribution in [0.4, 0.5) is 0 Å². The fourth-order valence-corrected chi connectivity index (χ4v) is 3.59. The Kier molecular flexibility index (Phi) is 6.07. The highest BCUT2D eigenvalue weighted by Gasteiger charge is 2.17. The molecule has 3 nitrogen and oxygen atoms in total. The summed E-state index contributed by atoms with van der Waals surface area (Å²) in [5, 5.41) is -0.403. The lowest BCUT2D eigenvalue weighted by Gasteiger charge is -2.19. The lowest BCUT2D eigenvalue weighted by Crippen LogP contribution is -2.16. The molecule has 0 aliphatic rings. The molecule has 0 saturated heterocycles. The Balaban J connectivity index is 2.06. The van der Waals surface area contributed by atoms with Crippen molar-refractivity contribution in [2.75, 3.05) is 0 Å². The summed E-state index contributed by atoms with van der Waals surface area (Å²) in [7, 11) is -3.13. The summed E-state index contributed by atoms with van der Waals surface area (Å²) in [6.45, 7) is 9.84. The van der Waals surface area contributed by atoms with Crippen LogP contribution in [-0.4, -0.2) is 19.5 Å². The molecule has 0 fully saturated rings. The van der Waals surface area contributed by atoms with Crippen LogP contribution in [0.2, 0.25) is 0 Å². The van der Waals surface area contributed by atoms with Gasteiger partial charge in [-0.25, -0.2) is 8.42 Å². The van der Waals surface area contributed by atoms with Gasteiger partial charge in [0.15, 0.2) is 15.6 Å². The molecule has 0 heterocycles. The highest BCUT2D eigenvalue weighted by Crippen LogP contribution is 2.22. The number of rotatable bonds is 6. The Bertz CT molecular complexity index is 853. The summed E-state index contributed by atoms with van der Waals surface area (Å²) in [6, 6.07) is 15.1. The number of sulfone groups is 1. The van der Waals surface area contributed by atoms with E-state index in [1.807, 2.05) is 12.1 Å². The molecular weight excluding hydrogens is 344 g/mol. The quantitative estimate of drug-likeness (QED) is 0.689. The first kappa shape index (κ1) is 20.4. The van der Waals surface area contributed by atoms with Crippen LogP contribution in [0, 0.1) is 0 Å². The largest absolute Gasteiger partial charge is 0.294 e. The van der Waals surface area contributed by atoms with Crippen molar-refractivity contribution in [3.05, 3.63) is 70.8 Å². The maximum atomic E-state index is 12.5. The second-order valence-electron chi connectivity index (χ2n) is 8.10. The molecule has 4 heteroatoms. The molecule has 0 spiro atoms. The van der Waals surface area contributed by atoms with Crippen LogP contribution < -0.4 is 0 Å². The summed E-state index contributed by atoms with van der Waals surface area (Å²) < 4.78 is 24.0. The smallest absolute Gasteiger partial charge is 0.167 e. The third kappa shape index (κ3) is 5.28. The normalized spacial score (nSPS) is 12.4. The zero-order valence-electron chi connectivity index (χ0n) is 16.2. The van der Waals surface area contributed by atoms with Crippen LogP contribution in [0.3, 0.4) is 0 Å². The van der Waals surface area contributed by atoms with Gasteiger partial charge in [-0.15, -0.1) is 0 Å². The van der Waals surface area contributed by atoms with E-state index in [4.69, 9.17) is 0 Å². The summed E-state index contributed by atoms with van der Waals surface area (Å²) in [5.74, 6) is 0.0414. The fraction of sp³-hybridized carbons (Fsp3) is 0.409. The molecule has 2 aromatic carbocycles. The minimum atomic E-state index is -3.13. The van der Waals surface area contributed by atoms with Crippen molar-refractivity contribution in [2.45, 2.75) is 57.5 Å². The van der Waals surface area contributed by atoms with Crippen molar-refractivity contribution < 1.29 is 13.2 Å². The van der Waals surface area contributed by atoms with Gasteiger partial charge in [0, 0.05) is 12.0 Å². The Morgan fingerprint density at radius 2 is 1.38 bits per heavy atom. The van der Waals surface area contributed by atoms with Gasteiger partial charge in [-0.3, -0.25) is 4.79 Å². The first-order chi connectivity index (χ1) is 12.0. The van der Waals surface area contributed by atoms with E-state index in [9.17, 15) is 13.2 Å². The summed E-state index contributed by atoms with van der Waals surface area (Å²) >= 11 is 0. The zero-order chi connectivity index (χ0) is 19.5. The van der Waals surface area contributed by atoms with Crippen molar-refractivity contribution in [3.8, 4) is 0 Å². The van der Waals surface area contributed by atoms with E-state index < -0.39 is 15.1 Å². The number of hydrogen-bond acceptors (Lipinski definition) is 3. The highest BCUT2D eigenvalue weighted by molar-refractivity contribution is 7.91. The van der Waals surface area contributed by atoms with Gasteiger partial charge in [-0.1, -0.05) is 69.3 Å². The summed E-state index contributed by atoms with van der Waals surface area (Å²) in [6.07, 6.45) is 0.341. The highest BCUT2D eigenvalue weighted by atomic mass is 32.2. The molecule has 0 radical (unpaired) electrons. The van der Waals surface area contributed by atoms with Crippen LogP contribution in [0.25, 0.3) is 0 Å². The summed E-state index contributed by atoms with van der Waals surface area (Å²) in [5.41, 5.74) is 3.63. The molecule has 0 bridgehead atoms. The van der Waals surface area contributed by atoms with E-state index in [1.165, 1.54) is 5.56 Å². The maximum Gasteiger partial charge on any atom is 0.167 e. The van der Waals surface area contributed by atoms with E-state index in [0.717, 1.165) is 5.56 Å². The van der Waals surface area contributed by atoms with E-state index >= 15 is 0 Å². The Morgan fingerprint density at radius 3 is 1.85 bits per heavy atom. The average molecular weight is 373 g/mol. The number of Topliss-reactive ketones (excluding diaryl/α,β-unsaturated/α-hetero) is 1. The molecule has 0 unspecified atom stereocenters. The first-order valence-electron chi connectivity index (χ1n) is 8.92. The lowest BCUT2D eigenvalue weighted by molar-refractivity contribution is 0.0993. The summed E-state index contributed by atoms with van der Waals surface area (Å²) in [4.78, 5) is 12.5. The Morgan fingerprint density at radius 1 is 0.885 bits per heavy atom. The number of benzene rings is 2. The molecule has 2 rings (SSSR count). The van der Waals surface area contributed by atoms with Gasteiger partial charge in [0.25, 0.3) is 0 Å². The van der Waals surface area contributed by atoms with Crippen molar-refractivity contribution in [1.29, 1.82) is 0 Å². The SMILES string of the molecule is CC(C)S(=O)(=O)Cc1ccc(C(=O)Cc2ccc(C(C)(C)C)cc2)cc1. The molecule has 0 aliphatic carbocycles. The molecule has 0 aromatic heterocycles. The van der Waals surface area contributed by atoms with Gasteiger partial charge in [0.05, 0.1) is 11.0 Å². The van der Waals surface area contributed by atoms with Crippen LogP contribution in [0.15, 0.2) is 48.5 Å². The van der Waals surface area contributed by atoms with Gasteiger partial charge in [0.2, 0.25) is 0 Å². The van der Waals surface area contributed by atoms with Gasteiger partial charge in [0.1, 0.15) is 0 Å². The van der Waals surface area contributed by atoms with Crippen LogP contribution >= 0.6 is 0 Å². The fourth-order valence-electron chi connectivity index (χ4n) is 2.60. The van der Waals surface area contributed by atoms with Gasteiger partial charge in [-0.05, 0) is 36.0 Å². The van der Waals surface area contributed by atoms with E-state index in [1.54, 1.807) is 38.1 Å². The van der Waals surface area contributed by atoms with Crippen molar-refractivity contribution >= 4 is 15.6 Å². The third-order valence-electron chi connectivity index (χ3n) is 4.55. The molecule has 140 valence electrons. The van der Waals surface area contributed by atoms with Crippen LogP contribution in [0.5, 0.6) is 0 Å². The van der Waals surface area contributed by atoms with Crippen molar-refractivity contribution in [1.82, 2.24) is 0 Å². The van der Waals surface area contributed by atoms with Gasteiger partial charge < -0.3 is 0 Å². The lowest BCUT2D eigenvalue weighted by atomic mass is 9.86. The zero-order valence-corrected chi connectivity index (χ0v) is 17.1. The molecule has 26 heavy (non-hydrogen) atoms. The topological polar surface area (TPSA) is 51.2 Å². The van der Waals surface area contributed by atoms with E-state index in [0.29, 0.717) is 17.5 Å². The van der Waals surface area contributed by atoms with Crippen molar-refractivity contribution in [2.24, 2.45) is 0 Å².